The van der Waals surface area contributed by atoms with E-state index in [4.69, 9.17) is 12.2 Å². The molecule has 1 aliphatic heterocycles. The smallest absolute Gasteiger partial charge is 0.266 e. The average Bonchev–Trinajstić information content (AvgIpc) is 3.07. The van der Waals surface area contributed by atoms with Crippen molar-refractivity contribution in [2.45, 2.75) is 6.92 Å². The Labute approximate surface area is 201 Å². The highest BCUT2D eigenvalue weighted by atomic mass is 32.2. The number of para-hydroxylation sites is 1. The minimum atomic E-state index is -0.280. The maximum atomic E-state index is 13.2. The number of thiocarbonyl (C=S) groups is 1. The Balaban J connectivity index is 1.47. The molecule has 162 valence electrons. The number of carbonyl (C=O) groups is 2. The van der Waals surface area contributed by atoms with E-state index in [0.717, 1.165) is 38.4 Å². The molecule has 1 aliphatic rings. The molecule has 6 heteroatoms. The Morgan fingerprint density at radius 3 is 2.24 bits per heavy atom. The molecule has 0 aliphatic carbocycles. The largest absolute Gasteiger partial charge is 0.324 e. The van der Waals surface area contributed by atoms with Gasteiger partial charge in [-0.15, -0.1) is 0 Å². The molecule has 0 radical (unpaired) electrons. The Hall–Kier alpha value is -3.48. The quantitative estimate of drug-likeness (QED) is 0.222. The number of fused-ring (bicyclic) bond motifs is 2. The van der Waals surface area contributed by atoms with E-state index in [-0.39, 0.29) is 18.4 Å². The highest BCUT2D eigenvalue weighted by Gasteiger charge is 2.33. The van der Waals surface area contributed by atoms with Gasteiger partial charge in [-0.25, -0.2) is 0 Å². The van der Waals surface area contributed by atoms with Crippen LogP contribution in [0.4, 0.5) is 5.69 Å². The molecule has 1 saturated heterocycles. The number of hydrogen-bond donors (Lipinski definition) is 1. The number of amides is 2. The lowest BCUT2D eigenvalue weighted by atomic mass is 9.96. The summed E-state index contributed by atoms with van der Waals surface area (Å²) >= 11 is 6.69. The number of aryl methyl sites for hydroxylation is 1. The van der Waals surface area contributed by atoms with E-state index in [1.165, 1.54) is 16.7 Å². The van der Waals surface area contributed by atoms with E-state index in [2.05, 4.69) is 35.6 Å². The number of anilines is 1. The molecule has 5 rings (SSSR count). The van der Waals surface area contributed by atoms with Gasteiger partial charge >= 0.3 is 0 Å². The zero-order chi connectivity index (χ0) is 22.9. The molecule has 1 fully saturated rings. The fourth-order valence-electron chi connectivity index (χ4n) is 4.02. The molecule has 2 amide bonds. The van der Waals surface area contributed by atoms with E-state index >= 15 is 0 Å². The molecule has 33 heavy (non-hydrogen) atoms. The summed E-state index contributed by atoms with van der Waals surface area (Å²) in [6, 6.07) is 26.0. The van der Waals surface area contributed by atoms with Crippen molar-refractivity contribution in [2.24, 2.45) is 0 Å². The van der Waals surface area contributed by atoms with E-state index in [9.17, 15) is 9.59 Å². The second kappa shape index (κ2) is 8.81. The van der Waals surface area contributed by atoms with Crippen LogP contribution in [-0.2, 0) is 9.59 Å². The second-order valence-corrected chi connectivity index (χ2v) is 9.54. The summed E-state index contributed by atoms with van der Waals surface area (Å²) in [5, 5.41) is 7.22. The molecular formula is C27H20N2O2S2. The number of nitrogens with one attached hydrogen (secondary N) is 1. The van der Waals surface area contributed by atoms with Crippen LogP contribution >= 0.6 is 24.0 Å². The van der Waals surface area contributed by atoms with Crippen LogP contribution in [0.15, 0.2) is 83.8 Å². The molecule has 0 atom stereocenters. The van der Waals surface area contributed by atoms with Crippen LogP contribution in [0.25, 0.3) is 27.6 Å². The van der Waals surface area contributed by atoms with Gasteiger partial charge in [-0.3, -0.25) is 14.5 Å². The number of thioether (sulfide) groups is 1. The third-order valence-electron chi connectivity index (χ3n) is 5.68. The highest BCUT2D eigenvalue weighted by molar-refractivity contribution is 8.26. The lowest BCUT2D eigenvalue weighted by Crippen LogP contribution is -2.36. The molecule has 0 bridgehead atoms. The van der Waals surface area contributed by atoms with E-state index in [0.29, 0.717) is 9.23 Å². The van der Waals surface area contributed by atoms with Crippen LogP contribution in [0, 0.1) is 6.92 Å². The minimum absolute atomic E-state index is 0.118. The first-order chi connectivity index (χ1) is 16.0. The fourth-order valence-corrected chi connectivity index (χ4v) is 5.26. The van der Waals surface area contributed by atoms with Gasteiger partial charge in [-0.2, -0.15) is 0 Å². The molecular weight excluding hydrogens is 448 g/mol. The molecule has 4 aromatic rings. The topological polar surface area (TPSA) is 49.4 Å². The molecule has 0 spiro atoms. The van der Waals surface area contributed by atoms with Gasteiger partial charge < -0.3 is 5.32 Å². The third-order valence-corrected chi connectivity index (χ3v) is 7.06. The maximum Gasteiger partial charge on any atom is 0.266 e. The third kappa shape index (κ3) is 4.15. The number of benzene rings is 4. The van der Waals surface area contributed by atoms with Crippen LogP contribution in [0.1, 0.15) is 11.1 Å². The second-order valence-electron chi connectivity index (χ2n) is 7.86. The monoisotopic (exact) mass is 468 g/mol. The van der Waals surface area contributed by atoms with Crippen molar-refractivity contribution in [1.82, 2.24) is 4.90 Å². The van der Waals surface area contributed by atoms with Crippen molar-refractivity contribution >= 4 is 73.4 Å². The van der Waals surface area contributed by atoms with Gasteiger partial charge in [0.05, 0.1) is 4.91 Å². The predicted octanol–water partition coefficient (Wildman–Crippen LogP) is 6.14. The van der Waals surface area contributed by atoms with E-state index in [1.807, 2.05) is 61.5 Å². The van der Waals surface area contributed by atoms with Crippen LogP contribution in [-0.4, -0.2) is 27.6 Å². The Morgan fingerprint density at radius 1 is 0.970 bits per heavy atom. The molecule has 1 heterocycles. The molecule has 1 N–H and O–H groups in total. The number of carbonyl (C=O) groups excluding carboxylic acids is 2. The molecule has 0 saturated carbocycles. The standard InChI is InChI=1S/C27H20N2O2S2/c1-17-8-2-7-13-23(17)28-25(30)16-29-26(31)24(33-27(29)32)15-22-20-11-5-3-9-18(20)14-19-10-4-6-12-21(19)22/h2-15H,16H2,1H3,(H,28,30)/b24-15-. The average molecular weight is 469 g/mol. The van der Waals surface area contributed by atoms with Crippen LogP contribution in [0.3, 0.4) is 0 Å². The van der Waals surface area contributed by atoms with Gasteiger partial charge in [0.1, 0.15) is 10.9 Å². The van der Waals surface area contributed by atoms with Gasteiger partial charge in [-0.1, -0.05) is 90.7 Å². The van der Waals surface area contributed by atoms with E-state index in [1.54, 1.807) is 0 Å². The van der Waals surface area contributed by atoms with Crippen LogP contribution in [0.2, 0.25) is 0 Å². The summed E-state index contributed by atoms with van der Waals surface area (Å²) in [6.07, 6.45) is 1.91. The first kappa shape index (κ1) is 21.4. The zero-order valence-electron chi connectivity index (χ0n) is 17.9. The van der Waals surface area contributed by atoms with Crippen molar-refractivity contribution in [3.63, 3.8) is 0 Å². The molecule has 4 aromatic carbocycles. The van der Waals surface area contributed by atoms with Gasteiger partial charge in [0, 0.05) is 5.69 Å². The SMILES string of the molecule is Cc1ccccc1NC(=O)CN1C(=O)/C(=C/c2c3ccccc3cc3ccccc23)SC1=S. The van der Waals surface area contributed by atoms with Gasteiger partial charge in [0.25, 0.3) is 5.91 Å². The van der Waals surface area contributed by atoms with Crippen molar-refractivity contribution in [3.05, 3.63) is 94.9 Å². The lowest BCUT2D eigenvalue weighted by molar-refractivity contribution is -0.126. The van der Waals surface area contributed by atoms with Crippen molar-refractivity contribution < 1.29 is 9.59 Å². The number of rotatable bonds is 4. The van der Waals surface area contributed by atoms with Gasteiger partial charge in [0.2, 0.25) is 5.91 Å². The molecule has 0 unspecified atom stereocenters. The van der Waals surface area contributed by atoms with Gasteiger partial charge in [-0.05, 0) is 57.8 Å². The van der Waals surface area contributed by atoms with Crippen molar-refractivity contribution in [1.29, 1.82) is 0 Å². The maximum absolute atomic E-state index is 13.2. The summed E-state index contributed by atoms with van der Waals surface area (Å²) in [6.45, 7) is 1.80. The minimum Gasteiger partial charge on any atom is -0.324 e. The first-order valence-corrected chi connectivity index (χ1v) is 11.7. The Bertz CT molecular complexity index is 1420. The lowest BCUT2D eigenvalue weighted by Gasteiger charge is -2.15. The van der Waals surface area contributed by atoms with Crippen LogP contribution < -0.4 is 5.32 Å². The summed E-state index contributed by atoms with van der Waals surface area (Å²) in [5.41, 5.74) is 2.67. The number of hydrogen-bond acceptors (Lipinski definition) is 4. The van der Waals surface area contributed by atoms with E-state index < -0.39 is 0 Å². The fraction of sp³-hybridized carbons (Fsp3) is 0.0741. The summed E-state index contributed by atoms with van der Waals surface area (Å²) in [7, 11) is 0. The Kier molecular flexibility index (Phi) is 5.70. The van der Waals surface area contributed by atoms with Gasteiger partial charge in [0.15, 0.2) is 0 Å². The summed E-state index contributed by atoms with van der Waals surface area (Å²) in [4.78, 5) is 27.7. The Morgan fingerprint density at radius 2 is 1.58 bits per heavy atom. The summed E-state index contributed by atoms with van der Waals surface area (Å²) < 4.78 is 0.385. The number of nitrogens with zero attached hydrogens (tertiary/aromatic N) is 1. The van der Waals surface area contributed by atoms with Crippen LogP contribution in [0.5, 0.6) is 0 Å². The molecule has 4 nitrogen and oxygen atoms in total. The first-order valence-electron chi connectivity index (χ1n) is 10.5. The normalized spacial score (nSPS) is 15.1. The predicted molar refractivity (Wildman–Crippen MR) is 141 cm³/mol. The van der Waals surface area contributed by atoms with Crippen molar-refractivity contribution in [2.75, 3.05) is 11.9 Å². The summed E-state index contributed by atoms with van der Waals surface area (Å²) in [5.74, 6) is -0.528. The molecule has 0 aromatic heterocycles. The zero-order valence-corrected chi connectivity index (χ0v) is 19.5. The van der Waals surface area contributed by atoms with Crippen molar-refractivity contribution in [3.8, 4) is 0 Å². The highest BCUT2D eigenvalue weighted by Crippen LogP contribution is 2.36.